The SMILES string of the molecule is COc1ccc(N2C(=O)c3ccccc3N[C@H]2c2cccc(OCc3ccc(Cl)cc3Cl)c2)cc1. The third-order valence-corrected chi connectivity index (χ3v) is 6.45. The maximum atomic E-state index is 13.6. The fourth-order valence-corrected chi connectivity index (χ4v) is 4.53. The highest BCUT2D eigenvalue weighted by atomic mass is 35.5. The number of methoxy groups -OCH3 is 1. The zero-order valence-electron chi connectivity index (χ0n) is 18.9. The molecule has 5 rings (SSSR count). The van der Waals surface area contributed by atoms with Crippen LogP contribution in [0.25, 0.3) is 0 Å². The minimum absolute atomic E-state index is 0.0891. The van der Waals surface area contributed by atoms with Gasteiger partial charge in [-0.05, 0) is 66.2 Å². The molecule has 0 aliphatic carbocycles. The number of fused-ring (bicyclic) bond motifs is 1. The van der Waals surface area contributed by atoms with Crippen molar-refractivity contribution in [3.05, 3.63) is 118 Å². The first-order valence-electron chi connectivity index (χ1n) is 11.0. The molecule has 4 aromatic carbocycles. The number of halogens is 2. The standard InChI is InChI=1S/C28H22Cl2N2O3/c1-34-22-13-11-21(12-14-22)32-27(31-26-8-3-2-7-24(26)28(32)33)18-5-4-6-23(15-18)35-17-19-9-10-20(29)16-25(19)30/h2-16,27,31H,17H2,1H3/t27-/m1/s1. The minimum Gasteiger partial charge on any atom is -0.497 e. The van der Waals surface area contributed by atoms with Crippen molar-refractivity contribution in [2.75, 3.05) is 17.3 Å². The van der Waals surface area contributed by atoms with E-state index < -0.39 is 6.17 Å². The number of hydrogen-bond acceptors (Lipinski definition) is 4. The summed E-state index contributed by atoms with van der Waals surface area (Å²) >= 11 is 12.3. The van der Waals surface area contributed by atoms with E-state index in [2.05, 4.69) is 5.32 Å². The average Bonchev–Trinajstić information content (AvgIpc) is 2.88. The van der Waals surface area contributed by atoms with E-state index in [-0.39, 0.29) is 5.91 Å². The van der Waals surface area contributed by atoms with E-state index in [9.17, 15) is 4.79 Å². The van der Waals surface area contributed by atoms with Crippen molar-refractivity contribution in [2.45, 2.75) is 12.8 Å². The molecule has 1 aliphatic heterocycles. The van der Waals surface area contributed by atoms with Gasteiger partial charge in [0, 0.05) is 27.0 Å². The van der Waals surface area contributed by atoms with Gasteiger partial charge in [0.05, 0.1) is 12.7 Å². The maximum Gasteiger partial charge on any atom is 0.262 e. The second-order valence-corrected chi connectivity index (χ2v) is 8.91. The van der Waals surface area contributed by atoms with Crippen molar-refractivity contribution in [2.24, 2.45) is 0 Å². The van der Waals surface area contributed by atoms with E-state index in [1.165, 1.54) is 0 Å². The normalized spacial score (nSPS) is 14.8. The predicted octanol–water partition coefficient (Wildman–Crippen LogP) is 7.35. The molecule has 0 bridgehead atoms. The fourth-order valence-electron chi connectivity index (χ4n) is 4.07. The van der Waals surface area contributed by atoms with Gasteiger partial charge in [-0.15, -0.1) is 0 Å². The molecule has 5 nitrogen and oxygen atoms in total. The number of nitrogens with zero attached hydrogens (tertiary/aromatic N) is 1. The third kappa shape index (κ3) is 4.78. The Bertz CT molecular complexity index is 1370. The van der Waals surface area contributed by atoms with Crippen molar-refractivity contribution in [1.82, 2.24) is 0 Å². The highest BCUT2D eigenvalue weighted by Crippen LogP contribution is 2.38. The lowest BCUT2D eigenvalue weighted by Crippen LogP contribution is -2.43. The van der Waals surface area contributed by atoms with Crippen LogP contribution < -0.4 is 19.7 Å². The zero-order valence-corrected chi connectivity index (χ0v) is 20.4. The van der Waals surface area contributed by atoms with Gasteiger partial charge in [-0.25, -0.2) is 0 Å². The molecule has 0 aromatic heterocycles. The van der Waals surface area contributed by atoms with Crippen molar-refractivity contribution >= 4 is 40.5 Å². The van der Waals surface area contributed by atoms with Gasteiger partial charge in [0.15, 0.2) is 0 Å². The van der Waals surface area contributed by atoms with Crippen molar-refractivity contribution in [1.29, 1.82) is 0 Å². The molecule has 7 heteroatoms. The monoisotopic (exact) mass is 504 g/mol. The van der Waals surface area contributed by atoms with E-state index in [4.69, 9.17) is 32.7 Å². The van der Waals surface area contributed by atoms with E-state index in [0.29, 0.717) is 28.0 Å². The largest absolute Gasteiger partial charge is 0.497 e. The number of amides is 1. The van der Waals surface area contributed by atoms with Crippen LogP contribution in [0.3, 0.4) is 0 Å². The molecular weight excluding hydrogens is 483 g/mol. The number of anilines is 2. The smallest absolute Gasteiger partial charge is 0.262 e. The minimum atomic E-state index is -0.437. The van der Waals surface area contributed by atoms with Crippen LogP contribution in [0.1, 0.15) is 27.7 Å². The first kappa shape index (κ1) is 23.1. The number of carbonyl (C=O) groups excluding carboxylic acids is 1. The van der Waals surface area contributed by atoms with Gasteiger partial charge in [-0.3, -0.25) is 9.69 Å². The first-order valence-corrected chi connectivity index (χ1v) is 11.8. The quantitative estimate of drug-likeness (QED) is 0.298. The van der Waals surface area contributed by atoms with Crippen LogP contribution in [0.2, 0.25) is 10.0 Å². The number of hydrogen-bond donors (Lipinski definition) is 1. The van der Waals surface area contributed by atoms with Gasteiger partial charge < -0.3 is 14.8 Å². The van der Waals surface area contributed by atoms with Crippen LogP contribution in [0.15, 0.2) is 91.0 Å². The van der Waals surface area contributed by atoms with Crippen LogP contribution in [-0.2, 0) is 6.61 Å². The first-order chi connectivity index (χ1) is 17.0. The highest BCUT2D eigenvalue weighted by Gasteiger charge is 2.34. The molecule has 0 saturated carbocycles. The Balaban J connectivity index is 1.47. The summed E-state index contributed by atoms with van der Waals surface area (Å²) in [7, 11) is 1.62. The Morgan fingerprint density at radius 1 is 0.886 bits per heavy atom. The van der Waals surface area contributed by atoms with Gasteiger partial charge in [-0.1, -0.05) is 53.5 Å². The van der Waals surface area contributed by atoms with Crippen molar-refractivity contribution in [3.63, 3.8) is 0 Å². The van der Waals surface area contributed by atoms with Gasteiger partial charge in [0.1, 0.15) is 24.3 Å². The van der Waals surface area contributed by atoms with E-state index in [1.54, 1.807) is 24.1 Å². The number of nitrogens with one attached hydrogen (secondary N) is 1. The topological polar surface area (TPSA) is 50.8 Å². The van der Waals surface area contributed by atoms with Gasteiger partial charge in [-0.2, -0.15) is 0 Å². The van der Waals surface area contributed by atoms with E-state index >= 15 is 0 Å². The molecule has 1 N–H and O–H groups in total. The van der Waals surface area contributed by atoms with E-state index in [1.807, 2.05) is 78.9 Å². The predicted molar refractivity (Wildman–Crippen MR) is 140 cm³/mol. The molecule has 1 atom stereocenters. The lowest BCUT2D eigenvalue weighted by Gasteiger charge is -2.38. The molecule has 0 unspecified atom stereocenters. The number of para-hydroxylation sites is 1. The summed E-state index contributed by atoms with van der Waals surface area (Å²) in [5.74, 6) is 1.30. The van der Waals surface area contributed by atoms with Crippen LogP contribution in [0.4, 0.5) is 11.4 Å². The molecule has 0 spiro atoms. The lowest BCUT2D eigenvalue weighted by molar-refractivity contribution is 0.0975. The van der Waals surface area contributed by atoms with Crippen molar-refractivity contribution in [3.8, 4) is 11.5 Å². The molecule has 1 amide bonds. The molecule has 1 heterocycles. The molecule has 35 heavy (non-hydrogen) atoms. The lowest BCUT2D eigenvalue weighted by atomic mass is 10.0. The van der Waals surface area contributed by atoms with Crippen LogP contribution in [0, 0.1) is 0 Å². The van der Waals surface area contributed by atoms with Crippen LogP contribution in [0.5, 0.6) is 11.5 Å². The Kier molecular flexibility index (Phi) is 6.53. The molecular formula is C28H22Cl2N2O3. The number of carbonyl (C=O) groups is 1. The molecule has 0 radical (unpaired) electrons. The summed E-state index contributed by atoms with van der Waals surface area (Å²) in [6.45, 7) is 0.293. The third-order valence-electron chi connectivity index (χ3n) is 5.86. The average molecular weight is 505 g/mol. The summed E-state index contributed by atoms with van der Waals surface area (Å²) in [5, 5.41) is 4.65. The van der Waals surface area contributed by atoms with Gasteiger partial charge >= 0.3 is 0 Å². The van der Waals surface area contributed by atoms with Crippen LogP contribution >= 0.6 is 23.2 Å². The van der Waals surface area contributed by atoms with Crippen molar-refractivity contribution < 1.29 is 14.3 Å². The Labute approximate surface area is 213 Å². The Morgan fingerprint density at radius 3 is 2.46 bits per heavy atom. The van der Waals surface area contributed by atoms with Gasteiger partial charge in [0.25, 0.3) is 5.91 Å². The summed E-state index contributed by atoms with van der Waals surface area (Å²) in [5.41, 5.74) is 3.86. The molecule has 4 aromatic rings. The Hall–Kier alpha value is -3.67. The molecule has 1 aliphatic rings. The number of ether oxygens (including phenoxy) is 2. The van der Waals surface area contributed by atoms with Gasteiger partial charge in [0.2, 0.25) is 0 Å². The summed E-state index contributed by atoms with van der Waals surface area (Å²) in [6.07, 6.45) is -0.437. The number of benzene rings is 4. The summed E-state index contributed by atoms with van der Waals surface area (Å²) in [6, 6.07) is 28.0. The molecule has 176 valence electrons. The summed E-state index contributed by atoms with van der Waals surface area (Å²) in [4.78, 5) is 15.4. The Morgan fingerprint density at radius 2 is 1.69 bits per heavy atom. The van der Waals surface area contributed by atoms with E-state index in [0.717, 1.165) is 28.3 Å². The fraction of sp³-hybridized carbons (Fsp3) is 0.107. The van der Waals surface area contributed by atoms with Crippen LogP contribution in [-0.4, -0.2) is 13.0 Å². The second-order valence-electron chi connectivity index (χ2n) is 8.06. The molecule has 0 saturated heterocycles. The second kappa shape index (κ2) is 9.90. The highest BCUT2D eigenvalue weighted by molar-refractivity contribution is 6.35. The zero-order chi connectivity index (χ0) is 24.4. The maximum absolute atomic E-state index is 13.6. The summed E-state index contributed by atoms with van der Waals surface area (Å²) < 4.78 is 11.3. The molecule has 0 fully saturated rings. The number of rotatable bonds is 6.